The van der Waals surface area contributed by atoms with Crippen LogP contribution in [0.25, 0.3) is 0 Å². The second kappa shape index (κ2) is 6.78. The van der Waals surface area contributed by atoms with Gasteiger partial charge in [0.15, 0.2) is 0 Å². The van der Waals surface area contributed by atoms with Crippen molar-refractivity contribution in [3.8, 4) is 0 Å². The van der Waals surface area contributed by atoms with Crippen LogP contribution < -0.4 is 4.57 Å². The molecule has 0 aliphatic heterocycles. The normalized spacial score (nSPS) is 10.6. The molecule has 9 heteroatoms. The summed E-state index contributed by atoms with van der Waals surface area (Å²) in [5, 5.41) is 12.8. The van der Waals surface area contributed by atoms with Crippen LogP contribution in [-0.2, 0) is 14.1 Å². The lowest BCUT2D eigenvalue weighted by molar-refractivity contribution is -0.670. The van der Waals surface area contributed by atoms with E-state index in [0.29, 0.717) is 0 Å². The summed E-state index contributed by atoms with van der Waals surface area (Å²) in [5.41, 5.74) is 0. The number of aryl methyl sites for hydroxylation is 2. The maximum absolute atomic E-state index is 4.26. The molecule has 0 spiro atoms. The van der Waals surface area contributed by atoms with Gasteiger partial charge in [0.25, 0.3) is 0 Å². The molecule has 4 rings (SSSR count). The van der Waals surface area contributed by atoms with Crippen molar-refractivity contribution < 1.29 is 4.57 Å². The van der Waals surface area contributed by atoms with Gasteiger partial charge in [0.2, 0.25) is 6.33 Å². The van der Waals surface area contributed by atoms with E-state index in [1.54, 1.807) is 18.6 Å². The zero-order valence-electron chi connectivity index (χ0n) is 13.2. The summed E-state index contributed by atoms with van der Waals surface area (Å²) in [5.74, 6) is 0. The highest BCUT2D eigenvalue weighted by Gasteiger charge is 2.10. The maximum Gasteiger partial charge on any atom is 0.325 e. The van der Waals surface area contributed by atoms with Crippen molar-refractivity contribution >= 4 is 7.12 Å². The number of hydrogen-bond donors (Lipinski definition) is 0. The SMILES string of the molecule is Cn1cc[n+](C)c1.c1cnn([BH-](n2cccn2)n2cccn2)c1. The summed E-state index contributed by atoms with van der Waals surface area (Å²) in [6.07, 6.45) is 17.0. The van der Waals surface area contributed by atoms with Gasteiger partial charge in [0, 0.05) is 18.6 Å². The van der Waals surface area contributed by atoms with Gasteiger partial charge < -0.3 is 13.8 Å². The number of rotatable bonds is 3. The molecule has 0 aliphatic carbocycles. The summed E-state index contributed by atoms with van der Waals surface area (Å²) < 4.78 is 9.62. The lowest BCUT2D eigenvalue weighted by Gasteiger charge is -2.26. The second-order valence-electron chi connectivity index (χ2n) is 5.31. The zero-order valence-corrected chi connectivity index (χ0v) is 13.2. The number of nitrogens with zero attached hydrogens (tertiary/aromatic N) is 8. The van der Waals surface area contributed by atoms with Crippen molar-refractivity contribution in [2.75, 3.05) is 0 Å². The Hall–Kier alpha value is -3.10. The van der Waals surface area contributed by atoms with Crippen LogP contribution in [0, 0.1) is 0 Å². The molecule has 23 heavy (non-hydrogen) atoms. The van der Waals surface area contributed by atoms with Gasteiger partial charge >= 0.3 is 7.12 Å². The van der Waals surface area contributed by atoms with Gasteiger partial charge in [-0.3, -0.25) is 0 Å². The molecule has 0 atom stereocenters. The average molecular weight is 310 g/mol. The summed E-state index contributed by atoms with van der Waals surface area (Å²) >= 11 is 0. The first-order valence-corrected chi connectivity index (χ1v) is 7.36. The average Bonchev–Trinajstić information content (AvgIpc) is 3.29. The Morgan fingerprint density at radius 3 is 1.48 bits per heavy atom. The van der Waals surface area contributed by atoms with Gasteiger partial charge in [-0.2, -0.15) is 0 Å². The highest BCUT2D eigenvalue weighted by atomic mass is 15.4. The third-order valence-corrected chi connectivity index (χ3v) is 3.45. The molecule has 0 saturated carbocycles. The Kier molecular flexibility index (Phi) is 4.37. The Balaban J connectivity index is 0.000000188. The fourth-order valence-corrected chi connectivity index (χ4v) is 2.42. The van der Waals surface area contributed by atoms with E-state index in [4.69, 9.17) is 0 Å². The quantitative estimate of drug-likeness (QED) is 0.388. The van der Waals surface area contributed by atoms with Gasteiger partial charge in [-0.25, -0.2) is 24.4 Å². The van der Waals surface area contributed by atoms with Gasteiger partial charge in [-0.05, 0) is 36.8 Å². The number of hydrogen-bond acceptors (Lipinski definition) is 3. The van der Waals surface area contributed by atoms with Gasteiger partial charge in [-0.1, -0.05) is 0 Å². The number of aromatic nitrogens is 8. The molecule has 0 unspecified atom stereocenters. The molecule has 0 bridgehead atoms. The van der Waals surface area contributed by atoms with Crippen molar-refractivity contribution in [2.24, 2.45) is 14.1 Å². The Labute approximate surface area is 134 Å². The Bertz CT molecular complexity index is 703. The van der Waals surface area contributed by atoms with Crippen molar-refractivity contribution in [1.82, 2.24) is 33.6 Å². The van der Waals surface area contributed by atoms with Crippen LogP contribution in [0.5, 0.6) is 0 Å². The molecule has 0 N–H and O–H groups in total. The molecule has 0 amide bonds. The van der Waals surface area contributed by atoms with Crippen LogP contribution in [0.2, 0.25) is 0 Å². The van der Waals surface area contributed by atoms with Gasteiger partial charge in [-0.15, -0.1) is 0 Å². The van der Waals surface area contributed by atoms with Crippen molar-refractivity contribution in [2.45, 2.75) is 0 Å². The van der Waals surface area contributed by atoms with Gasteiger partial charge in [0.1, 0.15) is 12.4 Å². The summed E-state index contributed by atoms with van der Waals surface area (Å²) in [7, 11) is 2.88. The highest BCUT2D eigenvalue weighted by molar-refractivity contribution is 6.52. The summed E-state index contributed by atoms with van der Waals surface area (Å²) in [4.78, 5) is 0. The Morgan fingerprint density at radius 1 is 0.783 bits per heavy atom. The molecule has 4 aromatic heterocycles. The predicted molar refractivity (Wildman–Crippen MR) is 86.6 cm³/mol. The van der Waals surface area contributed by atoms with Crippen LogP contribution in [-0.4, -0.2) is 40.8 Å². The molecular formula is C14H19BN8. The van der Waals surface area contributed by atoms with E-state index in [1.807, 2.05) is 92.5 Å². The molecule has 0 aliphatic rings. The van der Waals surface area contributed by atoms with Crippen molar-refractivity contribution in [1.29, 1.82) is 0 Å². The topological polar surface area (TPSA) is 62.3 Å². The molecule has 8 nitrogen and oxygen atoms in total. The zero-order chi connectivity index (χ0) is 16.1. The van der Waals surface area contributed by atoms with Crippen LogP contribution in [0.4, 0.5) is 0 Å². The maximum atomic E-state index is 4.26. The fraction of sp³-hybridized carbons (Fsp3) is 0.143. The van der Waals surface area contributed by atoms with E-state index >= 15 is 0 Å². The summed E-state index contributed by atoms with van der Waals surface area (Å²) in [6.45, 7) is 0. The van der Waals surface area contributed by atoms with Crippen LogP contribution in [0.15, 0.2) is 74.1 Å². The lowest BCUT2D eigenvalue weighted by Crippen LogP contribution is -2.42. The molecule has 0 aromatic carbocycles. The molecule has 4 aromatic rings. The molecule has 4 heterocycles. The standard InChI is InChI=1S/C9H10BN6.C5H9N2/c1-4-11-14(7-1)10(15-8-2-5-12-15)16-9-3-6-13-16;1-6-3-4-7(2)5-6/h1-10H;3-5H,1-2H3/q-1;+1. The fourth-order valence-electron chi connectivity index (χ4n) is 2.42. The first kappa shape index (κ1) is 14.8. The molecular weight excluding hydrogens is 291 g/mol. The van der Waals surface area contributed by atoms with Crippen molar-refractivity contribution in [3.63, 3.8) is 0 Å². The Morgan fingerprint density at radius 2 is 1.26 bits per heavy atom. The minimum atomic E-state index is -1.12. The van der Waals surface area contributed by atoms with Crippen LogP contribution in [0.3, 0.4) is 0 Å². The third kappa shape index (κ3) is 3.57. The predicted octanol–water partition coefficient (Wildman–Crippen LogP) is -0.212. The van der Waals surface area contributed by atoms with Crippen LogP contribution in [0.1, 0.15) is 0 Å². The molecule has 0 fully saturated rings. The second-order valence-corrected chi connectivity index (χ2v) is 5.31. The monoisotopic (exact) mass is 310 g/mol. The van der Waals surface area contributed by atoms with E-state index in [2.05, 4.69) is 15.3 Å². The van der Waals surface area contributed by atoms with Crippen molar-refractivity contribution in [3.05, 3.63) is 74.1 Å². The minimum Gasteiger partial charge on any atom is -0.403 e. The van der Waals surface area contributed by atoms with Gasteiger partial charge in [0.05, 0.1) is 14.1 Å². The first-order valence-electron chi connectivity index (χ1n) is 7.36. The van der Waals surface area contributed by atoms with E-state index in [1.165, 1.54) is 0 Å². The van der Waals surface area contributed by atoms with E-state index in [9.17, 15) is 0 Å². The van der Waals surface area contributed by atoms with E-state index in [0.717, 1.165) is 0 Å². The largest absolute Gasteiger partial charge is 0.403 e. The number of imidazole rings is 1. The molecule has 0 radical (unpaired) electrons. The molecule has 0 saturated heterocycles. The lowest BCUT2D eigenvalue weighted by atomic mass is 9.96. The smallest absolute Gasteiger partial charge is 0.325 e. The summed E-state index contributed by atoms with van der Waals surface area (Å²) in [6, 6.07) is 5.69. The van der Waals surface area contributed by atoms with Crippen LogP contribution >= 0.6 is 0 Å². The van der Waals surface area contributed by atoms with E-state index < -0.39 is 7.12 Å². The third-order valence-electron chi connectivity index (χ3n) is 3.45. The minimum absolute atomic E-state index is 1.12. The first-order chi connectivity index (χ1) is 11.2. The van der Waals surface area contributed by atoms with E-state index in [-0.39, 0.29) is 0 Å². The molecule has 118 valence electrons. The highest BCUT2D eigenvalue weighted by Crippen LogP contribution is 1.97.